The first-order chi connectivity index (χ1) is 17.7. The van der Waals surface area contributed by atoms with Crippen molar-refractivity contribution in [2.75, 3.05) is 31.1 Å². The highest BCUT2D eigenvalue weighted by molar-refractivity contribution is 5.76. The number of rotatable bonds is 14. The number of fused-ring (bicyclic) bond motifs is 1. The lowest BCUT2D eigenvalue weighted by atomic mass is 10.1. The van der Waals surface area contributed by atoms with Gasteiger partial charge in [-0.25, -0.2) is 0 Å². The molecule has 2 aromatic carbocycles. The molecule has 190 valence electrons. The lowest BCUT2D eigenvalue weighted by Gasteiger charge is -2.20. The van der Waals surface area contributed by atoms with Crippen LogP contribution < -0.4 is 20.5 Å². The number of nitrogens with two attached hydrogens (primary N) is 1. The Kier molecular flexibility index (Phi) is 11.2. The number of aryl methyl sites for hydroxylation is 1. The highest BCUT2D eigenvalue weighted by atomic mass is 16.1. The van der Waals surface area contributed by atoms with E-state index in [2.05, 4.69) is 114 Å². The van der Waals surface area contributed by atoms with Crippen LogP contribution in [-0.4, -0.2) is 32.1 Å². The van der Waals surface area contributed by atoms with Crippen molar-refractivity contribution in [2.24, 2.45) is 5.73 Å². The molecule has 0 radical (unpaired) electrons. The standard InChI is InChI=1S/C31H40N4O/c1-3-34(4-2)28-20-17-26(18-21-28)12-7-9-14-29-22-19-27-13-8-10-15-30(27)35(29)25-11-5-6-16-31(36)33-24-23-32/h7-10,12-15,17-22H,3-6,11,16,23-25,32H2,1-2H3/p+1. The van der Waals surface area contributed by atoms with Crippen molar-refractivity contribution >= 4 is 34.6 Å². The number of aromatic nitrogens is 1. The largest absolute Gasteiger partial charge is 0.372 e. The van der Waals surface area contributed by atoms with Crippen molar-refractivity contribution in [1.29, 1.82) is 0 Å². The van der Waals surface area contributed by atoms with E-state index in [1.54, 1.807) is 0 Å². The Bertz CT molecular complexity index is 1150. The number of amides is 1. The first-order valence-corrected chi connectivity index (χ1v) is 13.2. The summed E-state index contributed by atoms with van der Waals surface area (Å²) >= 11 is 0. The maximum Gasteiger partial charge on any atom is 0.220 e. The van der Waals surface area contributed by atoms with Gasteiger partial charge in [-0.1, -0.05) is 42.5 Å². The second kappa shape index (κ2) is 14.8. The van der Waals surface area contributed by atoms with Crippen LogP contribution in [0.4, 0.5) is 5.69 Å². The minimum absolute atomic E-state index is 0.0939. The molecule has 5 heteroatoms. The second-order valence-corrected chi connectivity index (χ2v) is 8.90. The highest BCUT2D eigenvalue weighted by Gasteiger charge is 2.13. The lowest BCUT2D eigenvalue weighted by molar-refractivity contribution is -0.673. The number of nitrogens with zero attached hydrogens (tertiary/aromatic N) is 2. The first-order valence-electron chi connectivity index (χ1n) is 13.2. The number of allylic oxidation sites excluding steroid dienone is 2. The number of anilines is 1. The highest BCUT2D eigenvalue weighted by Crippen LogP contribution is 2.16. The number of carbonyl (C=O) groups excluding carboxylic acids is 1. The molecular formula is C31H41N4O+. The minimum Gasteiger partial charge on any atom is -0.372 e. The predicted molar refractivity (Wildman–Crippen MR) is 153 cm³/mol. The Morgan fingerprint density at radius 3 is 2.42 bits per heavy atom. The molecule has 0 aliphatic carbocycles. The Morgan fingerprint density at radius 2 is 1.67 bits per heavy atom. The maximum absolute atomic E-state index is 11.8. The molecule has 3 rings (SSSR count). The van der Waals surface area contributed by atoms with Crippen molar-refractivity contribution in [3.63, 3.8) is 0 Å². The van der Waals surface area contributed by atoms with Gasteiger partial charge in [-0.3, -0.25) is 4.79 Å². The first kappa shape index (κ1) is 27.2. The molecule has 5 nitrogen and oxygen atoms in total. The average molecular weight is 486 g/mol. The van der Waals surface area contributed by atoms with Gasteiger partial charge >= 0.3 is 0 Å². The summed E-state index contributed by atoms with van der Waals surface area (Å²) in [5.74, 6) is 0.0939. The monoisotopic (exact) mass is 485 g/mol. The summed E-state index contributed by atoms with van der Waals surface area (Å²) in [6.07, 6.45) is 12.0. The molecule has 3 aromatic rings. The summed E-state index contributed by atoms with van der Waals surface area (Å²) in [5, 5.41) is 4.08. The van der Waals surface area contributed by atoms with Gasteiger partial charge in [0.15, 0.2) is 0 Å². The number of para-hydroxylation sites is 1. The molecule has 0 fully saturated rings. The van der Waals surface area contributed by atoms with Crippen LogP contribution in [0.25, 0.3) is 23.1 Å². The Balaban J connectivity index is 1.64. The van der Waals surface area contributed by atoms with Gasteiger partial charge in [0, 0.05) is 68.3 Å². The van der Waals surface area contributed by atoms with Gasteiger partial charge in [0.25, 0.3) is 0 Å². The van der Waals surface area contributed by atoms with Crippen LogP contribution in [0.3, 0.4) is 0 Å². The topological polar surface area (TPSA) is 62.2 Å². The average Bonchev–Trinajstić information content (AvgIpc) is 2.91. The number of carbonyl (C=O) groups is 1. The molecule has 0 spiro atoms. The molecule has 1 heterocycles. The van der Waals surface area contributed by atoms with Gasteiger partial charge in [-0.2, -0.15) is 4.57 Å². The number of pyridine rings is 1. The van der Waals surface area contributed by atoms with Crippen molar-refractivity contribution in [1.82, 2.24) is 5.32 Å². The molecule has 1 aromatic heterocycles. The SMILES string of the molecule is CCN(CC)c1ccc(/C=C/C=C/c2ccc3ccccc3[n+]2CCCCCC(=O)NCCN)cc1. The predicted octanol–water partition coefficient (Wildman–Crippen LogP) is 5.34. The van der Waals surface area contributed by atoms with Crippen LogP contribution >= 0.6 is 0 Å². The van der Waals surface area contributed by atoms with Crippen LogP contribution in [0.5, 0.6) is 0 Å². The molecule has 0 bridgehead atoms. The van der Waals surface area contributed by atoms with Gasteiger partial charge in [0.2, 0.25) is 17.1 Å². The van der Waals surface area contributed by atoms with Crippen molar-refractivity contribution in [3.05, 3.63) is 84.1 Å². The summed E-state index contributed by atoms with van der Waals surface area (Å²) in [7, 11) is 0. The number of benzene rings is 2. The van der Waals surface area contributed by atoms with Crippen LogP contribution in [-0.2, 0) is 11.3 Å². The summed E-state index contributed by atoms with van der Waals surface area (Å²) in [6.45, 7) is 8.36. The molecule has 0 saturated carbocycles. The van der Waals surface area contributed by atoms with Crippen LogP contribution in [0, 0.1) is 0 Å². The zero-order chi connectivity index (χ0) is 25.6. The van der Waals surface area contributed by atoms with Gasteiger partial charge in [-0.15, -0.1) is 0 Å². The van der Waals surface area contributed by atoms with Crippen molar-refractivity contribution in [2.45, 2.75) is 46.1 Å². The van der Waals surface area contributed by atoms with Gasteiger partial charge in [-0.05, 0) is 56.5 Å². The Morgan fingerprint density at radius 1 is 0.917 bits per heavy atom. The van der Waals surface area contributed by atoms with Crippen LogP contribution in [0.1, 0.15) is 50.8 Å². The maximum atomic E-state index is 11.8. The van der Waals surface area contributed by atoms with Crippen LogP contribution in [0.2, 0.25) is 0 Å². The fraction of sp³-hybridized carbons (Fsp3) is 0.355. The number of hydrogen-bond acceptors (Lipinski definition) is 3. The zero-order valence-electron chi connectivity index (χ0n) is 21.8. The molecule has 36 heavy (non-hydrogen) atoms. The smallest absolute Gasteiger partial charge is 0.220 e. The molecule has 0 aliphatic rings. The Labute approximate surface area is 216 Å². The van der Waals surface area contributed by atoms with E-state index in [4.69, 9.17) is 5.73 Å². The third-order valence-corrected chi connectivity index (χ3v) is 6.41. The zero-order valence-corrected chi connectivity index (χ0v) is 21.8. The van der Waals surface area contributed by atoms with Gasteiger partial charge in [0.05, 0.1) is 0 Å². The van der Waals surface area contributed by atoms with Gasteiger partial charge < -0.3 is 16.0 Å². The fourth-order valence-corrected chi connectivity index (χ4v) is 4.41. The summed E-state index contributed by atoms with van der Waals surface area (Å²) in [4.78, 5) is 14.1. The molecule has 1 amide bonds. The fourth-order valence-electron chi connectivity index (χ4n) is 4.41. The summed E-state index contributed by atoms with van der Waals surface area (Å²) in [5.41, 5.74) is 10.3. The van der Waals surface area contributed by atoms with E-state index < -0.39 is 0 Å². The lowest BCUT2D eigenvalue weighted by Crippen LogP contribution is -2.38. The molecule has 0 unspecified atom stereocenters. The molecule has 0 atom stereocenters. The van der Waals surface area contributed by atoms with Gasteiger partial charge in [0.1, 0.15) is 6.54 Å². The number of hydrogen-bond donors (Lipinski definition) is 2. The normalized spacial score (nSPS) is 11.5. The summed E-state index contributed by atoms with van der Waals surface area (Å²) < 4.78 is 2.38. The van der Waals surface area contributed by atoms with Crippen molar-refractivity contribution < 1.29 is 9.36 Å². The molecule has 0 saturated heterocycles. The van der Waals surface area contributed by atoms with E-state index in [0.717, 1.165) is 38.9 Å². The minimum atomic E-state index is 0.0939. The summed E-state index contributed by atoms with van der Waals surface area (Å²) in [6, 6.07) is 21.6. The van der Waals surface area contributed by atoms with E-state index in [1.165, 1.54) is 27.8 Å². The number of nitrogens with one attached hydrogen (secondary N) is 1. The van der Waals surface area contributed by atoms with E-state index in [-0.39, 0.29) is 5.91 Å². The number of unbranched alkanes of at least 4 members (excludes halogenated alkanes) is 2. The molecular weight excluding hydrogens is 444 g/mol. The quantitative estimate of drug-likeness (QED) is 0.184. The van der Waals surface area contributed by atoms with E-state index >= 15 is 0 Å². The Hall–Kier alpha value is -3.44. The van der Waals surface area contributed by atoms with E-state index in [0.29, 0.717) is 19.5 Å². The molecule has 3 N–H and O–H groups in total. The van der Waals surface area contributed by atoms with Crippen LogP contribution in [0.15, 0.2) is 72.8 Å². The third kappa shape index (κ3) is 8.06. The third-order valence-electron chi connectivity index (χ3n) is 6.41. The molecule has 0 aliphatic heterocycles. The van der Waals surface area contributed by atoms with E-state index in [9.17, 15) is 4.79 Å². The second-order valence-electron chi connectivity index (χ2n) is 8.90. The van der Waals surface area contributed by atoms with E-state index in [1.807, 2.05) is 0 Å². The van der Waals surface area contributed by atoms with Crippen molar-refractivity contribution in [3.8, 4) is 0 Å².